The summed E-state index contributed by atoms with van der Waals surface area (Å²) in [5.41, 5.74) is 0.111. The Balaban J connectivity index is 1.34. The van der Waals surface area contributed by atoms with Crippen LogP contribution in [0.3, 0.4) is 0 Å². The maximum atomic E-state index is 13.4. The Morgan fingerprint density at radius 3 is 2.33 bits per heavy atom. The van der Waals surface area contributed by atoms with Crippen LogP contribution in [-0.4, -0.2) is 70.9 Å². The second-order valence-corrected chi connectivity index (χ2v) is 7.58. The average molecular weight is 415 g/mol. The summed E-state index contributed by atoms with van der Waals surface area (Å²) in [7, 11) is 0. The second kappa shape index (κ2) is 8.73. The molecule has 1 unspecified atom stereocenters. The molecular weight excluding hydrogens is 392 g/mol. The fourth-order valence-electron chi connectivity index (χ4n) is 4.01. The number of carbonyl (C=O) groups is 2. The van der Waals surface area contributed by atoms with Crippen LogP contribution in [-0.2, 0) is 4.79 Å². The molecule has 2 aliphatic heterocycles. The Morgan fingerprint density at radius 2 is 1.63 bits per heavy atom. The van der Waals surface area contributed by atoms with Gasteiger partial charge in [-0.2, -0.15) is 0 Å². The van der Waals surface area contributed by atoms with Crippen molar-refractivity contribution in [3.05, 3.63) is 53.9 Å². The van der Waals surface area contributed by atoms with Gasteiger partial charge in [-0.25, -0.2) is 18.7 Å². The van der Waals surface area contributed by atoms with Crippen molar-refractivity contribution in [2.24, 2.45) is 5.92 Å². The zero-order chi connectivity index (χ0) is 21.1. The van der Waals surface area contributed by atoms with Gasteiger partial charge in [-0.05, 0) is 37.1 Å². The summed E-state index contributed by atoms with van der Waals surface area (Å²) in [5, 5.41) is 0. The summed E-state index contributed by atoms with van der Waals surface area (Å²) in [4.78, 5) is 39.5. The van der Waals surface area contributed by atoms with Crippen molar-refractivity contribution in [2.45, 2.75) is 12.8 Å². The Kier molecular flexibility index (Phi) is 5.87. The first-order valence-corrected chi connectivity index (χ1v) is 10.1. The first kappa shape index (κ1) is 20.2. The zero-order valence-electron chi connectivity index (χ0n) is 16.5. The lowest BCUT2D eigenvalue weighted by Gasteiger charge is -2.39. The number of piperazine rings is 1. The van der Waals surface area contributed by atoms with Crippen molar-refractivity contribution < 1.29 is 18.4 Å². The molecule has 2 amide bonds. The lowest BCUT2D eigenvalue weighted by atomic mass is 9.96. The maximum absolute atomic E-state index is 13.4. The zero-order valence-corrected chi connectivity index (χ0v) is 16.5. The van der Waals surface area contributed by atoms with Crippen LogP contribution in [0.4, 0.5) is 14.7 Å². The SMILES string of the molecule is O=C(c1ccc(F)c(F)c1)N1CCN(C(=O)C2CCCN(c3ncccn3)C2)CC1. The number of hydrogen-bond donors (Lipinski definition) is 0. The fourth-order valence-corrected chi connectivity index (χ4v) is 4.01. The van der Waals surface area contributed by atoms with Crippen molar-refractivity contribution in [3.8, 4) is 0 Å². The second-order valence-electron chi connectivity index (χ2n) is 7.58. The van der Waals surface area contributed by atoms with E-state index in [1.807, 2.05) is 4.90 Å². The van der Waals surface area contributed by atoms with Gasteiger partial charge in [0.1, 0.15) is 0 Å². The highest BCUT2D eigenvalue weighted by Gasteiger charge is 2.32. The summed E-state index contributed by atoms with van der Waals surface area (Å²) in [5.74, 6) is -1.79. The van der Waals surface area contributed by atoms with E-state index in [0.717, 1.165) is 31.5 Å². The van der Waals surface area contributed by atoms with Gasteiger partial charge in [0.25, 0.3) is 5.91 Å². The molecule has 30 heavy (non-hydrogen) atoms. The first-order chi connectivity index (χ1) is 14.5. The number of nitrogens with zero attached hydrogens (tertiary/aromatic N) is 5. The van der Waals surface area contributed by atoms with Crippen LogP contribution in [0.5, 0.6) is 0 Å². The van der Waals surface area contributed by atoms with Crippen LogP contribution in [0.1, 0.15) is 23.2 Å². The first-order valence-electron chi connectivity index (χ1n) is 10.1. The van der Waals surface area contributed by atoms with Gasteiger partial charge in [0.15, 0.2) is 11.6 Å². The third-order valence-corrected chi connectivity index (χ3v) is 5.65. The largest absolute Gasteiger partial charge is 0.340 e. The molecule has 1 atom stereocenters. The Labute approximate surface area is 173 Å². The lowest BCUT2D eigenvalue weighted by Crippen LogP contribution is -2.53. The molecule has 1 aromatic carbocycles. The molecule has 1 aromatic heterocycles. The van der Waals surface area contributed by atoms with Gasteiger partial charge in [-0.15, -0.1) is 0 Å². The van der Waals surface area contributed by atoms with E-state index in [1.54, 1.807) is 28.3 Å². The summed E-state index contributed by atoms with van der Waals surface area (Å²) >= 11 is 0. The molecule has 0 saturated carbocycles. The van der Waals surface area contributed by atoms with Crippen LogP contribution in [0.15, 0.2) is 36.7 Å². The van der Waals surface area contributed by atoms with Crippen molar-refractivity contribution in [1.29, 1.82) is 0 Å². The lowest BCUT2D eigenvalue weighted by molar-refractivity contribution is -0.137. The molecule has 2 aromatic rings. The van der Waals surface area contributed by atoms with Crippen molar-refractivity contribution in [1.82, 2.24) is 19.8 Å². The number of anilines is 1. The molecule has 0 bridgehead atoms. The maximum Gasteiger partial charge on any atom is 0.254 e. The quantitative estimate of drug-likeness (QED) is 0.767. The van der Waals surface area contributed by atoms with Gasteiger partial charge in [0.2, 0.25) is 11.9 Å². The smallest absolute Gasteiger partial charge is 0.254 e. The molecule has 2 saturated heterocycles. The van der Waals surface area contributed by atoms with E-state index in [0.29, 0.717) is 38.7 Å². The normalized spacial score (nSPS) is 19.7. The van der Waals surface area contributed by atoms with Gasteiger partial charge in [-0.3, -0.25) is 9.59 Å². The van der Waals surface area contributed by atoms with Crippen LogP contribution in [0.2, 0.25) is 0 Å². The number of rotatable bonds is 3. The Bertz CT molecular complexity index is 919. The van der Waals surface area contributed by atoms with Gasteiger partial charge >= 0.3 is 0 Å². The van der Waals surface area contributed by atoms with E-state index in [9.17, 15) is 18.4 Å². The molecule has 9 heteroatoms. The van der Waals surface area contributed by atoms with Crippen LogP contribution in [0, 0.1) is 17.6 Å². The summed E-state index contributed by atoms with van der Waals surface area (Å²) in [6.45, 7) is 2.98. The third-order valence-electron chi connectivity index (χ3n) is 5.65. The Morgan fingerprint density at radius 1 is 0.933 bits per heavy atom. The number of hydrogen-bond acceptors (Lipinski definition) is 5. The van der Waals surface area contributed by atoms with Crippen LogP contribution < -0.4 is 4.90 Å². The summed E-state index contributed by atoms with van der Waals surface area (Å²) < 4.78 is 26.5. The molecule has 0 radical (unpaired) electrons. The number of amides is 2. The van der Waals surface area contributed by atoms with Gasteiger partial charge in [0.05, 0.1) is 5.92 Å². The minimum absolute atomic E-state index is 0.0792. The van der Waals surface area contributed by atoms with E-state index in [4.69, 9.17) is 0 Å². The third kappa shape index (κ3) is 4.24. The van der Waals surface area contributed by atoms with Crippen molar-refractivity contribution >= 4 is 17.8 Å². The number of carbonyl (C=O) groups excluding carboxylic acids is 2. The van der Waals surface area contributed by atoms with Gasteiger partial charge in [-0.1, -0.05) is 0 Å². The van der Waals surface area contributed by atoms with E-state index < -0.39 is 11.6 Å². The van der Waals surface area contributed by atoms with Crippen molar-refractivity contribution in [3.63, 3.8) is 0 Å². The van der Waals surface area contributed by atoms with E-state index >= 15 is 0 Å². The molecule has 3 heterocycles. The minimum atomic E-state index is -1.04. The number of halogens is 2. The summed E-state index contributed by atoms with van der Waals surface area (Å²) in [6, 6.07) is 4.91. The standard InChI is InChI=1S/C21H23F2N5O2/c22-17-5-4-15(13-18(17)23)19(29)26-9-11-27(12-10-26)20(30)16-3-1-8-28(14-16)21-24-6-2-7-25-21/h2,4-7,13,16H,1,3,8-12,14H2. The molecule has 2 aliphatic rings. The summed E-state index contributed by atoms with van der Waals surface area (Å²) in [6.07, 6.45) is 5.09. The molecule has 0 spiro atoms. The molecular formula is C21H23F2N5O2. The predicted molar refractivity (Wildman–Crippen MR) is 106 cm³/mol. The topological polar surface area (TPSA) is 69.6 Å². The van der Waals surface area contributed by atoms with E-state index in [1.165, 1.54) is 6.07 Å². The monoisotopic (exact) mass is 415 g/mol. The van der Waals surface area contributed by atoms with Crippen LogP contribution in [0.25, 0.3) is 0 Å². The predicted octanol–water partition coefficient (Wildman–Crippen LogP) is 1.96. The molecule has 158 valence electrons. The Hall–Kier alpha value is -3.10. The highest BCUT2D eigenvalue weighted by atomic mass is 19.2. The molecule has 4 rings (SSSR count). The molecule has 7 nitrogen and oxygen atoms in total. The van der Waals surface area contributed by atoms with E-state index in [-0.39, 0.29) is 23.3 Å². The molecule has 0 N–H and O–H groups in total. The number of piperidine rings is 1. The van der Waals surface area contributed by atoms with Crippen LogP contribution >= 0.6 is 0 Å². The number of benzene rings is 1. The van der Waals surface area contributed by atoms with Gasteiger partial charge < -0.3 is 14.7 Å². The average Bonchev–Trinajstić information content (AvgIpc) is 2.80. The minimum Gasteiger partial charge on any atom is -0.340 e. The fraction of sp³-hybridized carbons (Fsp3) is 0.429. The molecule has 0 aliphatic carbocycles. The van der Waals surface area contributed by atoms with Crippen molar-refractivity contribution in [2.75, 3.05) is 44.2 Å². The van der Waals surface area contributed by atoms with Gasteiger partial charge in [0, 0.05) is 57.2 Å². The molecule has 2 fully saturated rings. The van der Waals surface area contributed by atoms with E-state index in [2.05, 4.69) is 9.97 Å². The highest BCUT2D eigenvalue weighted by Crippen LogP contribution is 2.23. The highest BCUT2D eigenvalue weighted by molar-refractivity contribution is 5.94. The number of aromatic nitrogens is 2.